The Morgan fingerprint density at radius 1 is 1.21 bits per heavy atom. The van der Waals surface area contributed by atoms with Crippen molar-refractivity contribution in [2.24, 2.45) is 5.16 Å². The Balaban J connectivity index is 1.74. The van der Waals surface area contributed by atoms with E-state index in [2.05, 4.69) is 20.3 Å². The molecule has 2 atom stereocenters. The van der Waals surface area contributed by atoms with Crippen LogP contribution in [-0.4, -0.2) is 111 Å². The van der Waals surface area contributed by atoms with Crippen molar-refractivity contribution >= 4 is 78.8 Å². The van der Waals surface area contributed by atoms with Crippen LogP contribution in [0, 0.1) is 0 Å². The highest BCUT2D eigenvalue weighted by atomic mass is 32.2. The third-order valence-electron chi connectivity index (χ3n) is 5.71. The van der Waals surface area contributed by atoms with Gasteiger partial charge in [-0.15, -0.1) is 23.1 Å². The molecule has 0 aromatic carbocycles. The first-order chi connectivity index (χ1) is 19.8. The van der Waals surface area contributed by atoms with E-state index in [1.807, 2.05) is 5.32 Å². The maximum absolute atomic E-state index is 13.0. The van der Waals surface area contributed by atoms with Crippen LogP contribution in [0.5, 0.6) is 0 Å². The van der Waals surface area contributed by atoms with Crippen LogP contribution in [0.4, 0.5) is 5.13 Å². The number of hydrogen-bond donors (Lipinski definition) is 8. The van der Waals surface area contributed by atoms with Crippen LogP contribution >= 0.6 is 38.3 Å². The summed E-state index contributed by atoms with van der Waals surface area (Å²) >= 11 is 1.74. The predicted octanol–water partition coefficient (Wildman–Crippen LogP) is -1.87. The van der Waals surface area contributed by atoms with Crippen molar-refractivity contribution in [3.8, 4) is 0 Å². The molecule has 24 heteroatoms. The first-order valence-corrected chi connectivity index (χ1v) is 16.5. The number of nitrogens with one attached hydrogen (secondary N) is 2. The molecular formula is C19H23N5O15P2S2. The first kappa shape index (κ1) is 34.3. The first-order valence-electron chi connectivity index (χ1n) is 11.4. The number of β-lactam (4-membered cyclic amide) rings is 1. The van der Waals surface area contributed by atoms with Crippen molar-refractivity contribution < 1.29 is 72.5 Å². The number of carbonyl (C=O) groups excluding carboxylic acids is 4. The summed E-state index contributed by atoms with van der Waals surface area (Å²) < 4.78 is 27.8. The number of aromatic nitrogens is 1. The molecule has 0 bridgehead atoms. The second-order valence-corrected chi connectivity index (χ2v) is 14.6. The summed E-state index contributed by atoms with van der Waals surface area (Å²) in [6.07, 6.45) is -1.72. The maximum atomic E-state index is 13.0. The summed E-state index contributed by atoms with van der Waals surface area (Å²) in [4.78, 5) is 107. The molecule has 8 N–H and O–H groups in total. The Morgan fingerprint density at radius 2 is 1.84 bits per heavy atom. The second-order valence-electron chi connectivity index (χ2n) is 8.65. The molecule has 0 saturated carbocycles. The molecule has 1 saturated heterocycles. The Bertz CT molecular complexity index is 1490. The van der Waals surface area contributed by atoms with Gasteiger partial charge in [0, 0.05) is 23.6 Å². The number of amides is 3. The van der Waals surface area contributed by atoms with Gasteiger partial charge in [-0.1, -0.05) is 5.16 Å². The number of fused-ring (bicyclic) bond motifs is 1. The summed E-state index contributed by atoms with van der Waals surface area (Å²) in [5, 5.41) is 23.5. The third kappa shape index (κ3) is 7.14. The Hall–Kier alpha value is -3.20. The number of hydrogen-bond acceptors (Lipinski definition) is 14. The van der Waals surface area contributed by atoms with Crippen molar-refractivity contribution in [3.05, 3.63) is 22.3 Å². The highest BCUT2D eigenvalue weighted by Gasteiger charge is 2.60. The van der Waals surface area contributed by atoms with Crippen molar-refractivity contribution in [3.63, 3.8) is 0 Å². The van der Waals surface area contributed by atoms with Crippen LogP contribution < -0.4 is 10.6 Å². The van der Waals surface area contributed by atoms with E-state index in [-0.39, 0.29) is 34.5 Å². The highest BCUT2D eigenvalue weighted by molar-refractivity contribution is 8.00. The Labute approximate surface area is 248 Å². The predicted molar refractivity (Wildman–Crippen MR) is 144 cm³/mol. The van der Waals surface area contributed by atoms with E-state index < -0.39 is 73.5 Å². The fourth-order valence-corrected chi connectivity index (χ4v) is 7.78. The number of carbonyl (C=O) groups is 5. The average Bonchev–Trinajstić information content (AvgIpc) is 3.34. The number of thiazole rings is 1. The van der Waals surface area contributed by atoms with Gasteiger partial charge < -0.3 is 50.0 Å². The standard InChI is InChI=1S/C19H23N5O15P2S2/c1-7(25)39-4-8-5-42-16-12(15(28)24(16)13(8)17(29)30)22-14(27)11(23-38-2)9-6-43-18(20-9)21-10(26)3-19(31,40(32,33)34)41(35,36)37/h6,12,16,31H,3-5H2,1-2H3,(H,22,27)(H,29,30)(H,20,21,26)(H2,32,33,34)(H2,35,36,37)/b23-11-/t12-,16+/m1/s1. The van der Waals surface area contributed by atoms with E-state index >= 15 is 0 Å². The van der Waals surface area contributed by atoms with Gasteiger partial charge in [-0.05, 0) is 0 Å². The van der Waals surface area contributed by atoms with Crippen LogP contribution in [0.15, 0.2) is 21.8 Å². The van der Waals surface area contributed by atoms with E-state index in [1.165, 1.54) is 5.38 Å². The number of anilines is 1. The summed E-state index contributed by atoms with van der Waals surface area (Å²) in [5.74, 6) is -5.26. The monoisotopic (exact) mass is 687 g/mol. The van der Waals surface area contributed by atoms with Gasteiger partial charge in [-0.3, -0.25) is 33.2 Å². The molecule has 43 heavy (non-hydrogen) atoms. The summed E-state index contributed by atoms with van der Waals surface area (Å²) in [6.45, 7) is 0.791. The largest absolute Gasteiger partial charge is 0.477 e. The minimum atomic E-state index is -5.91. The molecule has 3 amide bonds. The molecule has 1 fully saturated rings. The number of nitrogens with zero attached hydrogens (tertiary/aromatic N) is 3. The van der Waals surface area contributed by atoms with Gasteiger partial charge >= 0.3 is 27.1 Å². The molecule has 2 aliphatic rings. The zero-order valence-corrected chi connectivity index (χ0v) is 25.2. The number of esters is 1. The fourth-order valence-electron chi connectivity index (χ4n) is 3.68. The lowest BCUT2D eigenvalue weighted by Gasteiger charge is -2.49. The smallest absolute Gasteiger partial charge is 0.370 e. The molecule has 236 valence electrons. The molecule has 3 rings (SSSR count). The maximum Gasteiger partial charge on any atom is 0.370 e. The van der Waals surface area contributed by atoms with Crippen LogP contribution in [0.25, 0.3) is 0 Å². The lowest BCUT2D eigenvalue weighted by molar-refractivity contribution is -0.150. The number of aliphatic hydroxyl groups is 1. The molecular weight excluding hydrogens is 664 g/mol. The van der Waals surface area contributed by atoms with E-state index in [4.69, 9.17) is 4.74 Å². The molecule has 0 unspecified atom stereocenters. The average molecular weight is 687 g/mol. The molecule has 1 aromatic rings. The molecule has 1 aromatic heterocycles. The quantitative estimate of drug-likeness (QED) is 0.0392. The zero-order chi connectivity index (χ0) is 32.5. The van der Waals surface area contributed by atoms with Crippen molar-refractivity contribution in [2.45, 2.75) is 29.8 Å². The van der Waals surface area contributed by atoms with Gasteiger partial charge in [0.25, 0.3) is 16.9 Å². The Kier molecular flexibility index (Phi) is 10.2. The molecule has 20 nitrogen and oxygen atoms in total. The lowest BCUT2D eigenvalue weighted by atomic mass is 10.0. The summed E-state index contributed by atoms with van der Waals surface area (Å²) in [6, 6.07) is -1.21. The van der Waals surface area contributed by atoms with Gasteiger partial charge in [0.15, 0.2) is 10.8 Å². The molecule has 0 radical (unpaired) electrons. The number of thioether (sulfide) groups is 1. The van der Waals surface area contributed by atoms with Crippen LogP contribution in [0.2, 0.25) is 0 Å². The van der Waals surface area contributed by atoms with Gasteiger partial charge in [-0.25, -0.2) is 9.78 Å². The number of carboxylic acids is 1. The minimum absolute atomic E-state index is 0.0725. The lowest BCUT2D eigenvalue weighted by Crippen LogP contribution is -2.71. The van der Waals surface area contributed by atoms with Crippen LogP contribution in [-0.2, 0) is 42.7 Å². The summed E-state index contributed by atoms with van der Waals surface area (Å²) in [5.41, 5.74) is -0.955. The fraction of sp³-hybridized carbons (Fsp3) is 0.421. The van der Waals surface area contributed by atoms with E-state index in [1.54, 1.807) is 0 Å². The van der Waals surface area contributed by atoms with Crippen molar-refractivity contribution in [2.75, 3.05) is 24.8 Å². The number of aliphatic carboxylic acids is 1. The third-order valence-corrected chi connectivity index (χ3v) is 11.6. The molecule has 0 aliphatic carbocycles. The number of oxime groups is 1. The van der Waals surface area contributed by atoms with Crippen LogP contribution in [0.3, 0.4) is 0 Å². The Morgan fingerprint density at radius 3 is 2.37 bits per heavy atom. The van der Waals surface area contributed by atoms with Gasteiger partial charge in [0.1, 0.15) is 36.5 Å². The molecule has 3 heterocycles. The van der Waals surface area contributed by atoms with Gasteiger partial charge in [0.2, 0.25) is 5.91 Å². The van der Waals surface area contributed by atoms with Crippen molar-refractivity contribution in [1.82, 2.24) is 15.2 Å². The highest BCUT2D eigenvalue weighted by Crippen LogP contribution is 2.68. The van der Waals surface area contributed by atoms with E-state index in [0.717, 1.165) is 30.7 Å². The van der Waals surface area contributed by atoms with Gasteiger partial charge in [0.05, 0.1) is 6.42 Å². The van der Waals surface area contributed by atoms with E-state index in [9.17, 15) is 62.9 Å². The summed E-state index contributed by atoms with van der Waals surface area (Å²) in [7, 11) is -10.7. The number of ether oxygens (including phenoxy) is 1. The zero-order valence-electron chi connectivity index (χ0n) is 21.8. The minimum Gasteiger partial charge on any atom is -0.477 e. The molecule has 0 spiro atoms. The van der Waals surface area contributed by atoms with Crippen LogP contribution in [0.1, 0.15) is 19.0 Å². The molecule has 2 aliphatic heterocycles. The topological polar surface area (TPSA) is 312 Å². The SMILES string of the molecule is CO/N=C(\C(=O)N[C@@H]1C(=O)N2C(C(=O)O)=C(COC(C)=O)CS[C@@H]12)c1csc(NC(=O)CC(O)(P(=O)(O)O)P(=O)(O)O)n1. The van der Waals surface area contributed by atoms with Gasteiger partial charge in [-0.2, -0.15) is 0 Å². The number of rotatable bonds is 12. The second kappa shape index (κ2) is 12.8. The number of carboxylic acid groups (broad SMARTS) is 1. The van der Waals surface area contributed by atoms with E-state index in [0.29, 0.717) is 11.3 Å². The normalized spacial score (nSPS) is 19.3. The van der Waals surface area contributed by atoms with Crippen molar-refractivity contribution in [1.29, 1.82) is 0 Å².